The normalized spacial score (nSPS) is 17.6. The molecule has 0 saturated carbocycles. The van der Waals surface area contributed by atoms with Crippen molar-refractivity contribution >= 4 is 11.6 Å². The van der Waals surface area contributed by atoms with Crippen LogP contribution in [-0.4, -0.2) is 42.1 Å². The summed E-state index contributed by atoms with van der Waals surface area (Å²) in [6.45, 7) is 7.86. The van der Waals surface area contributed by atoms with Gasteiger partial charge in [0.2, 0.25) is 5.91 Å². The number of carbonyl (C=O) groups excluding carboxylic acids is 1. The van der Waals surface area contributed by atoms with E-state index in [-0.39, 0.29) is 11.7 Å². The highest BCUT2D eigenvalue weighted by molar-refractivity contribution is 5.73. The highest BCUT2D eigenvalue weighted by Crippen LogP contribution is 2.30. The van der Waals surface area contributed by atoms with E-state index in [2.05, 4.69) is 4.90 Å². The topological polar surface area (TPSA) is 43.8 Å². The average Bonchev–Trinajstić information content (AvgIpc) is 2.67. The molecule has 0 unspecified atom stereocenters. The molecule has 1 amide bonds. The lowest BCUT2D eigenvalue weighted by Crippen LogP contribution is -2.34. The molecule has 1 N–H and O–H groups in total. The van der Waals surface area contributed by atoms with Crippen molar-refractivity contribution in [3.8, 4) is 0 Å². The number of aliphatic hydroxyl groups is 1. The van der Waals surface area contributed by atoms with Crippen LogP contribution in [0.15, 0.2) is 12.1 Å². The third kappa shape index (κ3) is 3.53. The Bertz CT molecular complexity index is 531. The molecule has 0 aromatic heterocycles. The fourth-order valence-corrected chi connectivity index (χ4v) is 2.76. The van der Waals surface area contributed by atoms with Gasteiger partial charge < -0.3 is 14.9 Å². The molecule has 1 heterocycles. The van der Waals surface area contributed by atoms with E-state index < -0.39 is 6.10 Å². The van der Waals surface area contributed by atoms with E-state index >= 15 is 0 Å². The zero-order valence-electron chi connectivity index (χ0n) is 12.9. The molecule has 2 rings (SSSR count). The van der Waals surface area contributed by atoms with Crippen LogP contribution in [0.3, 0.4) is 0 Å². The number of aryl methyl sites for hydroxylation is 1. The minimum Gasteiger partial charge on any atom is -0.389 e. The first-order valence-corrected chi connectivity index (χ1v) is 7.38. The van der Waals surface area contributed by atoms with E-state index in [1.807, 2.05) is 4.90 Å². The second-order valence-electron chi connectivity index (χ2n) is 5.68. The first kappa shape index (κ1) is 15.8. The van der Waals surface area contributed by atoms with Gasteiger partial charge in [0.15, 0.2) is 0 Å². The molecule has 5 heteroatoms. The minimum atomic E-state index is -0.720. The number of carbonyl (C=O) groups is 1. The molecular weight excluding hydrogens is 271 g/mol. The Morgan fingerprint density at radius 3 is 2.62 bits per heavy atom. The van der Waals surface area contributed by atoms with Crippen molar-refractivity contribution in [2.45, 2.75) is 33.3 Å². The molecule has 1 aliphatic rings. The van der Waals surface area contributed by atoms with Crippen molar-refractivity contribution < 1.29 is 14.3 Å². The number of amides is 1. The summed E-state index contributed by atoms with van der Waals surface area (Å²) in [6.07, 6.45) is 0.150. The summed E-state index contributed by atoms with van der Waals surface area (Å²) in [5.74, 6) is -0.210. The predicted molar refractivity (Wildman–Crippen MR) is 80.9 cm³/mol. The summed E-state index contributed by atoms with van der Waals surface area (Å²) >= 11 is 0. The van der Waals surface area contributed by atoms with Crippen molar-refractivity contribution in [2.75, 3.05) is 31.1 Å². The van der Waals surface area contributed by atoms with Crippen LogP contribution in [0.25, 0.3) is 0 Å². The SMILES string of the molecule is CC(=O)N1CCCN(c2cc(C)c(F)cc2[C@@H](C)O)CC1. The molecule has 1 atom stereocenters. The fourth-order valence-electron chi connectivity index (χ4n) is 2.76. The number of aliphatic hydroxyl groups excluding tert-OH is 1. The third-order valence-electron chi connectivity index (χ3n) is 4.04. The molecule has 0 radical (unpaired) electrons. The average molecular weight is 294 g/mol. The van der Waals surface area contributed by atoms with Gasteiger partial charge >= 0.3 is 0 Å². The van der Waals surface area contributed by atoms with Crippen molar-refractivity contribution in [2.24, 2.45) is 0 Å². The van der Waals surface area contributed by atoms with Crippen LogP contribution < -0.4 is 4.90 Å². The summed E-state index contributed by atoms with van der Waals surface area (Å²) in [7, 11) is 0. The van der Waals surface area contributed by atoms with E-state index in [1.54, 1.807) is 26.8 Å². The molecule has 0 spiro atoms. The first-order valence-electron chi connectivity index (χ1n) is 7.38. The number of hydrogen-bond donors (Lipinski definition) is 1. The summed E-state index contributed by atoms with van der Waals surface area (Å²) in [5.41, 5.74) is 2.05. The quantitative estimate of drug-likeness (QED) is 0.910. The van der Waals surface area contributed by atoms with Crippen LogP contribution >= 0.6 is 0 Å². The van der Waals surface area contributed by atoms with E-state index in [4.69, 9.17) is 0 Å². The fraction of sp³-hybridized carbons (Fsp3) is 0.562. The van der Waals surface area contributed by atoms with Gasteiger partial charge in [-0.3, -0.25) is 4.79 Å². The van der Waals surface area contributed by atoms with Gasteiger partial charge in [-0.25, -0.2) is 4.39 Å². The number of halogens is 1. The standard InChI is InChI=1S/C16H23FN2O2/c1-11-9-16(14(12(2)20)10-15(11)17)19-6-4-5-18(7-8-19)13(3)21/h9-10,12,20H,4-8H2,1-3H3/t12-/m1/s1. The molecule has 1 saturated heterocycles. The maximum absolute atomic E-state index is 13.8. The summed E-state index contributed by atoms with van der Waals surface area (Å²) in [4.78, 5) is 15.5. The van der Waals surface area contributed by atoms with E-state index in [9.17, 15) is 14.3 Å². The smallest absolute Gasteiger partial charge is 0.219 e. The lowest BCUT2D eigenvalue weighted by molar-refractivity contribution is -0.128. The number of benzene rings is 1. The van der Waals surface area contributed by atoms with Gasteiger partial charge in [0.1, 0.15) is 5.82 Å². The van der Waals surface area contributed by atoms with Crippen LogP contribution in [0.2, 0.25) is 0 Å². The van der Waals surface area contributed by atoms with Crippen LogP contribution in [0, 0.1) is 12.7 Å². The van der Waals surface area contributed by atoms with Crippen LogP contribution in [0.4, 0.5) is 10.1 Å². The van der Waals surface area contributed by atoms with Crippen molar-refractivity contribution in [1.29, 1.82) is 0 Å². The first-order chi connectivity index (χ1) is 9.90. The van der Waals surface area contributed by atoms with Gasteiger partial charge in [-0.05, 0) is 38.0 Å². The molecule has 1 aliphatic heterocycles. The van der Waals surface area contributed by atoms with E-state index in [1.165, 1.54) is 6.07 Å². The van der Waals surface area contributed by atoms with Gasteiger partial charge in [-0.2, -0.15) is 0 Å². The Balaban J connectivity index is 2.28. The molecule has 21 heavy (non-hydrogen) atoms. The largest absolute Gasteiger partial charge is 0.389 e. The molecule has 1 aromatic carbocycles. The van der Waals surface area contributed by atoms with Crippen molar-refractivity contribution in [3.63, 3.8) is 0 Å². The molecule has 1 aromatic rings. The van der Waals surface area contributed by atoms with Crippen molar-refractivity contribution in [3.05, 3.63) is 29.1 Å². The van der Waals surface area contributed by atoms with Gasteiger partial charge in [-0.15, -0.1) is 0 Å². The number of hydrogen-bond acceptors (Lipinski definition) is 3. The molecule has 0 aliphatic carbocycles. The molecule has 4 nitrogen and oxygen atoms in total. The Morgan fingerprint density at radius 1 is 1.29 bits per heavy atom. The highest BCUT2D eigenvalue weighted by atomic mass is 19.1. The molecule has 1 fully saturated rings. The monoisotopic (exact) mass is 294 g/mol. The van der Waals surface area contributed by atoms with Crippen LogP contribution in [0.1, 0.15) is 37.5 Å². The number of anilines is 1. The van der Waals surface area contributed by atoms with Gasteiger partial charge in [0, 0.05) is 44.4 Å². The Morgan fingerprint density at radius 2 is 2.00 bits per heavy atom. The van der Waals surface area contributed by atoms with Gasteiger partial charge in [-0.1, -0.05) is 0 Å². The van der Waals surface area contributed by atoms with E-state index in [0.29, 0.717) is 24.2 Å². The Hall–Kier alpha value is -1.62. The third-order valence-corrected chi connectivity index (χ3v) is 4.04. The Labute approximate surface area is 125 Å². The molecular formula is C16H23FN2O2. The van der Waals surface area contributed by atoms with Crippen LogP contribution in [0.5, 0.6) is 0 Å². The zero-order valence-corrected chi connectivity index (χ0v) is 12.9. The maximum atomic E-state index is 13.8. The summed E-state index contributed by atoms with van der Waals surface area (Å²) in [5, 5.41) is 9.90. The zero-order chi connectivity index (χ0) is 15.6. The second kappa shape index (κ2) is 6.43. The summed E-state index contributed by atoms with van der Waals surface area (Å²) in [6, 6.07) is 3.21. The van der Waals surface area contributed by atoms with Gasteiger partial charge in [0.05, 0.1) is 6.10 Å². The number of rotatable bonds is 2. The summed E-state index contributed by atoms with van der Waals surface area (Å²) < 4.78 is 13.8. The predicted octanol–water partition coefficient (Wildman–Crippen LogP) is 2.25. The lowest BCUT2D eigenvalue weighted by atomic mass is 10.0. The molecule has 116 valence electrons. The lowest BCUT2D eigenvalue weighted by Gasteiger charge is -2.27. The maximum Gasteiger partial charge on any atom is 0.219 e. The molecule has 0 bridgehead atoms. The van der Waals surface area contributed by atoms with Crippen LogP contribution in [-0.2, 0) is 4.79 Å². The number of nitrogens with zero attached hydrogens (tertiary/aromatic N) is 2. The Kier molecular flexibility index (Phi) is 4.83. The minimum absolute atomic E-state index is 0.0860. The van der Waals surface area contributed by atoms with Gasteiger partial charge in [0.25, 0.3) is 0 Å². The highest BCUT2D eigenvalue weighted by Gasteiger charge is 2.21. The van der Waals surface area contributed by atoms with Crippen molar-refractivity contribution in [1.82, 2.24) is 4.90 Å². The van der Waals surface area contributed by atoms with E-state index in [0.717, 1.165) is 25.2 Å². The second-order valence-corrected chi connectivity index (χ2v) is 5.68.